The molecule has 1 aromatic rings. The van der Waals surface area contributed by atoms with Crippen molar-refractivity contribution in [1.29, 1.82) is 0 Å². The van der Waals surface area contributed by atoms with Crippen molar-refractivity contribution in [3.63, 3.8) is 0 Å². The molecule has 0 heterocycles. The zero-order valence-corrected chi connectivity index (χ0v) is 7.46. The number of rotatable bonds is 2. The van der Waals surface area contributed by atoms with Crippen molar-refractivity contribution in [2.75, 3.05) is 12.4 Å². The topological polar surface area (TPSA) is 38.0 Å². The number of benzene rings is 1. The van der Waals surface area contributed by atoms with Gasteiger partial charge in [0, 0.05) is 24.0 Å². The molecular formula is C10H14N2. The molecule has 0 aliphatic heterocycles. The largest absolute Gasteiger partial charge is 0.398 e. The molecule has 2 heteroatoms. The lowest BCUT2D eigenvalue weighted by molar-refractivity contribution is 1.43. The first kappa shape index (κ1) is 8.65. The maximum absolute atomic E-state index is 5.79. The molecule has 0 radical (unpaired) electrons. The lowest BCUT2D eigenvalue weighted by atomic mass is 10.1. The minimum absolute atomic E-state index is 0.806. The van der Waals surface area contributed by atoms with Crippen molar-refractivity contribution in [2.24, 2.45) is 5.73 Å². The van der Waals surface area contributed by atoms with E-state index < -0.39 is 0 Å². The maximum atomic E-state index is 5.79. The smallest absolute Gasteiger partial charge is 0.0431 e. The molecule has 0 aliphatic rings. The van der Waals surface area contributed by atoms with Gasteiger partial charge in [-0.1, -0.05) is 24.3 Å². The Bertz CT molecular complexity index is 290. The Labute approximate surface area is 73.1 Å². The van der Waals surface area contributed by atoms with Crippen molar-refractivity contribution in [3.05, 3.63) is 35.9 Å². The molecule has 0 bridgehead atoms. The quantitative estimate of drug-likeness (QED) is 0.698. The molecule has 0 aromatic heterocycles. The van der Waals surface area contributed by atoms with Gasteiger partial charge >= 0.3 is 0 Å². The van der Waals surface area contributed by atoms with Crippen LogP contribution in [0.15, 0.2) is 30.3 Å². The molecule has 1 aromatic carbocycles. The number of hydrogen-bond donors (Lipinski definition) is 2. The Morgan fingerprint density at radius 3 is 2.67 bits per heavy atom. The molecule has 0 aliphatic carbocycles. The SMILES string of the molecule is C/C=C(/N)c1ccccc1NC. The lowest BCUT2D eigenvalue weighted by Crippen LogP contribution is -2.00. The highest BCUT2D eigenvalue weighted by Gasteiger charge is 1.99. The van der Waals surface area contributed by atoms with Gasteiger partial charge in [0.25, 0.3) is 0 Å². The molecule has 0 spiro atoms. The molecule has 0 fully saturated rings. The van der Waals surface area contributed by atoms with Crippen molar-refractivity contribution < 1.29 is 0 Å². The van der Waals surface area contributed by atoms with E-state index in [1.807, 2.05) is 44.3 Å². The van der Waals surface area contributed by atoms with Crippen LogP contribution in [0.25, 0.3) is 5.70 Å². The summed E-state index contributed by atoms with van der Waals surface area (Å²) in [7, 11) is 1.89. The fraction of sp³-hybridized carbons (Fsp3) is 0.200. The third-order valence-corrected chi connectivity index (χ3v) is 1.82. The van der Waals surface area contributed by atoms with Crippen LogP contribution in [0.4, 0.5) is 5.69 Å². The van der Waals surface area contributed by atoms with Gasteiger partial charge in [-0.2, -0.15) is 0 Å². The second-order valence-electron chi connectivity index (χ2n) is 2.54. The summed E-state index contributed by atoms with van der Waals surface area (Å²) in [6.45, 7) is 1.93. The van der Waals surface area contributed by atoms with E-state index in [9.17, 15) is 0 Å². The molecule has 64 valence electrons. The Morgan fingerprint density at radius 1 is 1.42 bits per heavy atom. The number of allylic oxidation sites excluding steroid dienone is 1. The van der Waals surface area contributed by atoms with Crippen molar-refractivity contribution in [1.82, 2.24) is 0 Å². The van der Waals surface area contributed by atoms with Crippen LogP contribution in [0.2, 0.25) is 0 Å². The van der Waals surface area contributed by atoms with Gasteiger partial charge < -0.3 is 11.1 Å². The average molecular weight is 162 g/mol. The van der Waals surface area contributed by atoms with Crippen LogP contribution < -0.4 is 11.1 Å². The van der Waals surface area contributed by atoms with Crippen LogP contribution >= 0.6 is 0 Å². The van der Waals surface area contributed by atoms with Gasteiger partial charge in [-0.25, -0.2) is 0 Å². The Morgan fingerprint density at radius 2 is 2.08 bits per heavy atom. The molecule has 2 nitrogen and oxygen atoms in total. The molecule has 0 saturated carbocycles. The number of anilines is 1. The summed E-state index contributed by atoms with van der Waals surface area (Å²) in [5.74, 6) is 0. The lowest BCUT2D eigenvalue weighted by Gasteiger charge is -2.07. The fourth-order valence-electron chi connectivity index (χ4n) is 1.11. The molecule has 0 unspecified atom stereocenters. The third-order valence-electron chi connectivity index (χ3n) is 1.82. The zero-order chi connectivity index (χ0) is 8.97. The third kappa shape index (κ3) is 1.59. The van der Waals surface area contributed by atoms with Crippen LogP contribution in [-0.2, 0) is 0 Å². The molecule has 3 N–H and O–H groups in total. The van der Waals surface area contributed by atoms with Crippen LogP contribution in [0, 0.1) is 0 Å². The van der Waals surface area contributed by atoms with Gasteiger partial charge in [-0.05, 0) is 13.0 Å². The van der Waals surface area contributed by atoms with Gasteiger partial charge in [0.15, 0.2) is 0 Å². The minimum atomic E-state index is 0.806. The van der Waals surface area contributed by atoms with E-state index in [0.717, 1.165) is 16.9 Å². The van der Waals surface area contributed by atoms with Gasteiger partial charge in [-0.3, -0.25) is 0 Å². The zero-order valence-electron chi connectivity index (χ0n) is 7.46. The predicted octanol–water partition coefficient (Wildman–Crippen LogP) is 2.05. The van der Waals surface area contributed by atoms with E-state index in [-0.39, 0.29) is 0 Å². The van der Waals surface area contributed by atoms with Crippen LogP contribution in [0.3, 0.4) is 0 Å². The second kappa shape index (κ2) is 3.81. The van der Waals surface area contributed by atoms with E-state index in [0.29, 0.717) is 0 Å². The van der Waals surface area contributed by atoms with E-state index in [4.69, 9.17) is 5.73 Å². The predicted molar refractivity (Wildman–Crippen MR) is 53.8 cm³/mol. The molecule has 1 rings (SSSR count). The Balaban J connectivity index is 3.13. The maximum Gasteiger partial charge on any atom is 0.0431 e. The highest BCUT2D eigenvalue weighted by molar-refractivity contribution is 5.74. The summed E-state index contributed by atoms with van der Waals surface area (Å²) in [4.78, 5) is 0. The first-order chi connectivity index (χ1) is 5.79. The average Bonchev–Trinajstić information content (AvgIpc) is 2.16. The summed E-state index contributed by atoms with van der Waals surface area (Å²) in [6, 6.07) is 7.97. The Hall–Kier alpha value is -1.44. The van der Waals surface area contributed by atoms with Crippen molar-refractivity contribution in [2.45, 2.75) is 6.92 Å². The second-order valence-corrected chi connectivity index (χ2v) is 2.54. The van der Waals surface area contributed by atoms with Gasteiger partial charge in [0.05, 0.1) is 0 Å². The Kier molecular flexibility index (Phi) is 2.75. The van der Waals surface area contributed by atoms with Crippen molar-refractivity contribution in [3.8, 4) is 0 Å². The summed E-state index contributed by atoms with van der Waals surface area (Å²) in [5.41, 5.74) is 8.72. The fourth-order valence-corrected chi connectivity index (χ4v) is 1.11. The molecule has 0 atom stereocenters. The number of hydrogen-bond acceptors (Lipinski definition) is 2. The molecular weight excluding hydrogens is 148 g/mol. The van der Waals surface area contributed by atoms with Crippen LogP contribution in [-0.4, -0.2) is 7.05 Å². The summed E-state index contributed by atoms with van der Waals surface area (Å²) >= 11 is 0. The highest BCUT2D eigenvalue weighted by Crippen LogP contribution is 2.19. The molecule has 12 heavy (non-hydrogen) atoms. The highest BCUT2D eigenvalue weighted by atomic mass is 14.8. The minimum Gasteiger partial charge on any atom is -0.398 e. The first-order valence-electron chi connectivity index (χ1n) is 3.98. The van der Waals surface area contributed by atoms with Gasteiger partial charge in [0.1, 0.15) is 0 Å². The molecule has 0 amide bonds. The standard InChI is InChI=1S/C10H14N2/c1-3-9(11)8-6-4-5-7-10(8)12-2/h3-7,12H,11H2,1-2H3/b9-3+. The van der Waals surface area contributed by atoms with Crippen molar-refractivity contribution >= 4 is 11.4 Å². The number of para-hydroxylation sites is 1. The van der Waals surface area contributed by atoms with Crippen LogP contribution in [0.5, 0.6) is 0 Å². The van der Waals surface area contributed by atoms with E-state index >= 15 is 0 Å². The monoisotopic (exact) mass is 162 g/mol. The molecule has 0 saturated heterocycles. The van der Waals surface area contributed by atoms with E-state index in [1.165, 1.54) is 0 Å². The summed E-state index contributed by atoms with van der Waals surface area (Å²) < 4.78 is 0. The van der Waals surface area contributed by atoms with Crippen LogP contribution in [0.1, 0.15) is 12.5 Å². The van der Waals surface area contributed by atoms with E-state index in [1.54, 1.807) is 0 Å². The number of nitrogens with two attached hydrogens (primary N) is 1. The van der Waals surface area contributed by atoms with Gasteiger partial charge in [-0.15, -0.1) is 0 Å². The summed E-state index contributed by atoms with van der Waals surface area (Å²) in [6.07, 6.45) is 1.90. The summed E-state index contributed by atoms with van der Waals surface area (Å²) in [5, 5.41) is 3.09. The first-order valence-corrected chi connectivity index (χ1v) is 3.98. The normalized spacial score (nSPS) is 11.3. The van der Waals surface area contributed by atoms with E-state index in [2.05, 4.69) is 5.32 Å². The number of nitrogens with one attached hydrogen (secondary N) is 1. The van der Waals surface area contributed by atoms with Gasteiger partial charge in [0.2, 0.25) is 0 Å².